The molecule has 0 saturated carbocycles. The molecule has 1 rings (SSSR count). The lowest BCUT2D eigenvalue weighted by Crippen LogP contribution is -2.32. The van der Waals surface area contributed by atoms with Crippen molar-refractivity contribution in [1.82, 2.24) is 5.32 Å². The standard InChI is InChI=1S/C10H17NO/c1-8(2)9(3)12-10-4-6-11-7-5-10/h10-11H,1,3-7H2,2H3. The third-order valence-corrected chi connectivity index (χ3v) is 2.07. The van der Waals surface area contributed by atoms with Gasteiger partial charge in [-0.1, -0.05) is 13.2 Å². The molecule has 68 valence electrons. The van der Waals surface area contributed by atoms with E-state index in [2.05, 4.69) is 18.5 Å². The second-order valence-corrected chi connectivity index (χ2v) is 3.27. The topological polar surface area (TPSA) is 21.3 Å². The first kappa shape index (κ1) is 9.33. The Morgan fingerprint density at radius 3 is 2.42 bits per heavy atom. The molecule has 0 aromatic rings. The van der Waals surface area contributed by atoms with E-state index in [1.54, 1.807) is 0 Å². The van der Waals surface area contributed by atoms with Crippen LogP contribution in [0.2, 0.25) is 0 Å². The minimum absolute atomic E-state index is 0.343. The lowest BCUT2D eigenvalue weighted by Gasteiger charge is -2.24. The zero-order chi connectivity index (χ0) is 8.97. The first-order valence-electron chi connectivity index (χ1n) is 4.42. The summed E-state index contributed by atoms with van der Waals surface area (Å²) in [6.45, 7) is 11.6. The lowest BCUT2D eigenvalue weighted by molar-refractivity contribution is 0.0943. The highest BCUT2D eigenvalue weighted by molar-refractivity contribution is 5.16. The van der Waals surface area contributed by atoms with Crippen LogP contribution in [0.5, 0.6) is 0 Å². The smallest absolute Gasteiger partial charge is 0.114 e. The van der Waals surface area contributed by atoms with E-state index in [0.717, 1.165) is 37.3 Å². The summed E-state index contributed by atoms with van der Waals surface area (Å²) in [5, 5.41) is 3.29. The summed E-state index contributed by atoms with van der Waals surface area (Å²) in [4.78, 5) is 0. The highest BCUT2D eigenvalue weighted by atomic mass is 16.5. The van der Waals surface area contributed by atoms with E-state index < -0.39 is 0 Å². The van der Waals surface area contributed by atoms with Gasteiger partial charge in [-0.05, 0) is 38.4 Å². The molecule has 0 aromatic carbocycles. The Hall–Kier alpha value is -0.760. The van der Waals surface area contributed by atoms with E-state index in [1.165, 1.54) is 0 Å². The summed E-state index contributed by atoms with van der Waals surface area (Å²) in [5.74, 6) is 0.738. The Bertz CT molecular complexity index is 180. The van der Waals surface area contributed by atoms with Gasteiger partial charge in [0, 0.05) is 0 Å². The maximum atomic E-state index is 5.62. The van der Waals surface area contributed by atoms with Crippen LogP contribution in [0.25, 0.3) is 0 Å². The van der Waals surface area contributed by atoms with Crippen LogP contribution in [0, 0.1) is 0 Å². The molecule has 0 spiro atoms. The predicted octanol–water partition coefficient (Wildman–Crippen LogP) is 1.84. The molecule has 0 aromatic heterocycles. The van der Waals surface area contributed by atoms with E-state index in [0.29, 0.717) is 6.10 Å². The first-order chi connectivity index (χ1) is 5.70. The van der Waals surface area contributed by atoms with Gasteiger partial charge in [-0.15, -0.1) is 0 Å². The maximum Gasteiger partial charge on any atom is 0.114 e. The summed E-state index contributed by atoms with van der Waals surface area (Å²) in [6.07, 6.45) is 2.49. The van der Waals surface area contributed by atoms with E-state index in [1.807, 2.05) is 6.92 Å². The van der Waals surface area contributed by atoms with Gasteiger partial charge in [0.05, 0.1) is 0 Å². The Labute approximate surface area is 74.3 Å². The minimum atomic E-state index is 0.343. The van der Waals surface area contributed by atoms with Gasteiger partial charge in [0.2, 0.25) is 0 Å². The third kappa shape index (κ3) is 2.70. The zero-order valence-electron chi connectivity index (χ0n) is 7.73. The quantitative estimate of drug-likeness (QED) is 0.511. The Balaban J connectivity index is 2.29. The minimum Gasteiger partial charge on any atom is -0.491 e. The van der Waals surface area contributed by atoms with Gasteiger partial charge in [-0.3, -0.25) is 0 Å². The summed E-state index contributed by atoms with van der Waals surface area (Å²) in [5.41, 5.74) is 0.925. The largest absolute Gasteiger partial charge is 0.491 e. The van der Waals surface area contributed by atoms with Crippen molar-refractivity contribution in [2.24, 2.45) is 0 Å². The number of hydrogen-bond acceptors (Lipinski definition) is 2. The van der Waals surface area contributed by atoms with Crippen molar-refractivity contribution < 1.29 is 4.74 Å². The molecular weight excluding hydrogens is 150 g/mol. The Morgan fingerprint density at radius 2 is 1.92 bits per heavy atom. The summed E-state index contributed by atoms with van der Waals surface area (Å²) in [7, 11) is 0. The van der Waals surface area contributed by atoms with Crippen LogP contribution >= 0.6 is 0 Å². The fourth-order valence-electron chi connectivity index (χ4n) is 1.22. The second kappa shape index (κ2) is 4.31. The van der Waals surface area contributed by atoms with Crippen LogP contribution < -0.4 is 5.32 Å². The fraction of sp³-hybridized carbons (Fsp3) is 0.600. The SMILES string of the molecule is C=C(C)C(=C)OC1CCNCC1. The first-order valence-corrected chi connectivity index (χ1v) is 4.42. The number of allylic oxidation sites excluding steroid dienone is 1. The van der Waals surface area contributed by atoms with E-state index in [4.69, 9.17) is 4.74 Å². The van der Waals surface area contributed by atoms with Crippen molar-refractivity contribution in [3.8, 4) is 0 Å². The average Bonchev–Trinajstić information content (AvgIpc) is 2.06. The van der Waals surface area contributed by atoms with Gasteiger partial charge in [-0.25, -0.2) is 0 Å². The molecule has 1 aliphatic rings. The van der Waals surface area contributed by atoms with Crippen molar-refractivity contribution in [2.75, 3.05) is 13.1 Å². The molecular formula is C10H17NO. The van der Waals surface area contributed by atoms with Gasteiger partial charge in [-0.2, -0.15) is 0 Å². The molecule has 1 fully saturated rings. The molecule has 12 heavy (non-hydrogen) atoms. The van der Waals surface area contributed by atoms with Crippen LogP contribution in [0.1, 0.15) is 19.8 Å². The third-order valence-electron chi connectivity index (χ3n) is 2.07. The average molecular weight is 167 g/mol. The zero-order valence-corrected chi connectivity index (χ0v) is 7.73. The summed E-state index contributed by atoms with van der Waals surface area (Å²) in [6, 6.07) is 0. The molecule has 0 bridgehead atoms. The molecule has 2 heteroatoms. The highest BCUT2D eigenvalue weighted by Crippen LogP contribution is 2.14. The number of nitrogens with one attached hydrogen (secondary N) is 1. The maximum absolute atomic E-state index is 5.62. The number of piperidine rings is 1. The molecule has 0 aliphatic carbocycles. The van der Waals surface area contributed by atoms with Gasteiger partial charge in [0.15, 0.2) is 0 Å². The molecule has 0 amide bonds. The Kier molecular flexibility index (Phi) is 3.35. The molecule has 0 radical (unpaired) electrons. The van der Waals surface area contributed by atoms with Crippen LogP contribution in [-0.2, 0) is 4.74 Å². The fourth-order valence-corrected chi connectivity index (χ4v) is 1.22. The summed E-state index contributed by atoms with van der Waals surface area (Å²) < 4.78 is 5.62. The summed E-state index contributed by atoms with van der Waals surface area (Å²) >= 11 is 0. The van der Waals surface area contributed by atoms with Crippen molar-refractivity contribution in [3.63, 3.8) is 0 Å². The van der Waals surface area contributed by atoms with Crippen molar-refractivity contribution in [2.45, 2.75) is 25.9 Å². The van der Waals surface area contributed by atoms with Gasteiger partial charge in [0.25, 0.3) is 0 Å². The van der Waals surface area contributed by atoms with E-state index in [9.17, 15) is 0 Å². The van der Waals surface area contributed by atoms with Crippen molar-refractivity contribution in [3.05, 3.63) is 24.5 Å². The molecule has 1 N–H and O–H groups in total. The van der Waals surface area contributed by atoms with Crippen molar-refractivity contribution in [1.29, 1.82) is 0 Å². The Morgan fingerprint density at radius 1 is 1.33 bits per heavy atom. The molecule has 0 unspecified atom stereocenters. The van der Waals surface area contributed by atoms with Crippen LogP contribution in [0.4, 0.5) is 0 Å². The number of hydrogen-bond donors (Lipinski definition) is 1. The number of ether oxygens (including phenoxy) is 1. The molecule has 1 heterocycles. The molecule has 1 saturated heterocycles. The van der Waals surface area contributed by atoms with Crippen molar-refractivity contribution >= 4 is 0 Å². The highest BCUT2D eigenvalue weighted by Gasteiger charge is 2.14. The van der Waals surface area contributed by atoms with Crippen LogP contribution in [0.3, 0.4) is 0 Å². The second-order valence-electron chi connectivity index (χ2n) is 3.27. The molecule has 0 atom stereocenters. The van der Waals surface area contributed by atoms with Gasteiger partial charge < -0.3 is 10.1 Å². The van der Waals surface area contributed by atoms with Crippen LogP contribution in [-0.4, -0.2) is 19.2 Å². The predicted molar refractivity (Wildman–Crippen MR) is 50.9 cm³/mol. The molecule has 1 aliphatic heterocycles. The van der Waals surface area contributed by atoms with E-state index in [-0.39, 0.29) is 0 Å². The van der Waals surface area contributed by atoms with E-state index >= 15 is 0 Å². The number of rotatable bonds is 3. The van der Waals surface area contributed by atoms with Gasteiger partial charge in [0.1, 0.15) is 11.9 Å². The molecule has 2 nitrogen and oxygen atoms in total. The monoisotopic (exact) mass is 167 g/mol. The van der Waals surface area contributed by atoms with Gasteiger partial charge >= 0.3 is 0 Å². The normalized spacial score (nSPS) is 18.8. The van der Waals surface area contributed by atoms with Crippen LogP contribution in [0.15, 0.2) is 24.5 Å². The lowest BCUT2D eigenvalue weighted by atomic mass is 10.1.